The highest BCUT2D eigenvalue weighted by Crippen LogP contribution is 2.06. The Bertz CT molecular complexity index is 826. The molecule has 1 aromatic heterocycles. The van der Waals surface area contributed by atoms with E-state index in [1.165, 1.54) is 0 Å². The molecule has 0 saturated carbocycles. The Balaban J connectivity index is 1.59. The van der Waals surface area contributed by atoms with E-state index in [1.54, 1.807) is 17.8 Å². The minimum Gasteiger partial charge on any atom is -0.379 e. The van der Waals surface area contributed by atoms with Gasteiger partial charge in [-0.3, -0.25) is 14.4 Å². The molecule has 2 aromatic rings. The van der Waals surface area contributed by atoms with E-state index >= 15 is 0 Å². The monoisotopic (exact) mass is 352 g/mol. The van der Waals surface area contributed by atoms with Gasteiger partial charge < -0.3 is 10.1 Å². The van der Waals surface area contributed by atoms with E-state index in [9.17, 15) is 4.79 Å². The maximum absolute atomic E-state index is 12.3. The predicted molar refractivity (Wildman–Crippen MR) is 100.0 cm³/mol. The number of aryl methyl sites for hydroxylation is 2. The van der Waals surface area contributed by atoms with Crippen molar-refractivity contribution in [1.29, 1.82) is 0 Å². The van der Waals surface area contributed by atoms with Crippen molar-refractivity contribution < 1.29 is 9.53 Å². The van der Waals surface area contributed by atoms with Crippen LogP contribution in [0.25, 0.3) is 0 Å². The van der Waals surface area contributed by atoms with Gasteiger partial charge in [0, 0.05) is 44.9 Å². The number of nitrogens with zero attached hydrogens (tertiary/aromatic N) is 3. The molecule has 0 bridgehead atoms. The predicted octanol–water partition coefficient (Wildman–Crippen LogP) is 1.19. The number of aromatic nitrogens is 2. The number of hydrogen-bond acceptors (Lipinski definition) is 4. The average molecular weight is 352 g/mol. The number of hydrogen-bond donors (Lipinski definition) is 1. The standard InChI is InChI=1S/C20H24N4O2/c1-16-5-3-4-6-17(16)7-8-18-15-19(22-23(18)2)20(25)21-9-10-24-11-13-26-14-12-24/h3-6,15H,9-14H2,1-2H3,(H,21,25). The second kappa shape index (κ2) is 8.65. The third kappa shape index (κ3) is 4.72. The first-order valence-corrected chi connectivity index (χ1v) is 8.83. The van der Waals surface area contributed by atoms with Crippen LogP contribution >= 0.6 is 0 Å². The molecule has 0 radical (unpaired) electrons. The normalized spacial score (nSPS) is 14.5. The van der Waals surface area contributed by atoms with Gasteiger partial charge in [0.05, 0.1) is 13.2 Å². The summed E-state index contributed by atoms with van der Waals surface area (Å²) < 4.78 is 6.96. The SMILES string of the molecule is Cc1ccccc1C#Cc1cc(C(=O)NCCN2CCOCC2)nn1C. The van der Waals surface area contributed by atoms with Crippen molar-refractivity contribution in [2.45, 2.75) is 6.92 Å². The minimum absolute atomic E-state index is 0.169. The molecule has 1 saturated heterocycles. The fourth-order valence-electron chi connectivity index (χ4n) is 2.78. The minimum atomic E-state index is -0.169. The molecule has 26 heavy (non-hydrogen) atoms. The van der Waals surface area contributed by atoms with Crippen molar-refractivity contribution >= 4 is 5.91 Å². The summed E-state index contributed by atoms with van der Waals surface area (Å²) in [5.74, 6) is 6.08. The van der Waals surface area contributed by atoms with Gasteiger partial charge in [0.1, 0.15) is 5.69 Å². The Kier molecular flexibility index (Phi) is 6.05. The van der Waals surface area contributed by atoms with Crippen LogP contribution in [-0.2, 0) is 11.8 Å². The molecular weight excluding hydrogens is 328 g/mol. The lowest BCUT2D eigenvalue weighted by molar-refractivity contribution is 0.0383. The quantitative estimate of drug-likeness (QED) is 0.840. The van der Waals surface area contributed by atoms with Crippen molar-refractivity contribution in [1.82, 2.24) is 20.0 Å². The zero-order valence-electron chi connectivity index (χ0n) is 15.3. The lowest BCUT2D eigenvalue weighted by atomic mass is 10.1. The van der Waals surface area contributed by atoms with Gasteiger partial charge in [-0.25, -0.2) is 0 Å². The van der Waals surface area contributed by atoms with Gasteiger partial charge in [0.2, 0.25) is 0 Å². The molecular formula is C20H24N4O2. The van der Waals surface area contributed by atoms with Crippen molar-refractivity contribution in [3.8, 4) is 11.8 Å². The molecule has 1 N–H and O–H groups in total. The molecule has 3 rings (SSSR count). The van der Waals surface area contributed by atoms with Crippen LogP contribution in [0.1, 0.15) is 27.3 Å². The smallest absolute Gasteiger partial charge is 0.271 e. The molecule has 1 aromatic carbocycles. The molecule has 6 heteroatoms. The van der Waals surface area contributed by atoms with Crippen LogP contribution < -0.4 is 5.32 Å². The molecule has 0 unspecified atom stereocenters. The highest BCUT2D eigenvalue weighted by Gasteiger charge is 2.13. The second-order valence-corrected chi connectivity index (χ2v) is 6.31. The van der Waals surface area contributed by atoms with Crippen LogP contribution in [0.2, 0.25) is 0 Å². The lowest BCUT2D eigenvalue weighted by Gasteiger charge is -2.26. The third-order valence-corrected chi connectivity index (χ3v) is 4.40. The van der Waals surface area contributed by atoms with Gasteiger partial charge in [-0.2, -0.15) is 5.10 Å². The average Bonchev–Trinajstić information content (AvgIpc) is 3.03. The summed E-state index contributed by atoms with van der Waals surface area (Å²) in [5.41, 5.74) is 3.21. The fourth-order valence-corrected chi connectivity index (χ4v) is 2.78. The third-order valence-electron chi connectivity index (χ3n) is 4.40. The Morgan fingerprint density at radius 2 is 2.04 bits per heavy atom. The molecule has 1 fully saturated rings. The Morgan fingerprint density at radius 1 is 1.27 bits per heavy atom. The number of benzene rings is 1. The maximum atomic E-state index is 12.3. The first-order chi connectivity index (χ1) is 12.6. The van der Waals surface area contributed by atoms with Gasteiger partial charge in [-0.1, -0.05) is 24.1 Å². The summed E-state index contributed by atoms with van der Waals surface area (Å²) in [5, 5.41) is 7.20. The summed E-state index contributed by atoms with van der Waals surface area (Å²) in [7, 11) is 1.80. The lowest BCUT2D eigenvalue weighted by Crippen LogP contribution is -2.41. The van der Waals surface area contributed by atoms with Crippen LogP contribution in [0, 0.1) is 18.8 Å². The van der Waals surface area contributed by atoms with Crippen LogP contribution in [0.3, 0.4) is 0 Å². The number of rotatable bonds is 4. The molecule has 0 atom stereocenters. The van der Waals surface area contributed by atoms with Crippen LogP contribution in [0.15, 0.2) is 30.3 Å². The first-order valence-electron chi connectivity index (χ1n) is 8.83. The molecule has 1 aliphatic heterocycles. The van der Waals surface area contributed by atoms with Gasteiger partial charge in [-0.15, -0.1) is 0 Å². The number of carbonyl (C=O) groups is 1. The Morgan fingerprint density at radius 3 is 2.81 bits per heavy atom. The van der Waals surface area contributed by atoms with Crippen molar-refractivity contribution in [2.24, 2.45) is 7.05 Å². The molecule has 2 heterocycles. The molecule has 1 aliphatic rings. The number of amides is 1. The van der Waals surface area contributed by atoms with Crippen molar-refractivity contribution in [2.75, 3.05) is 39.4 Å². The van der Waals surface area contributed by atoms with E-state index in [-0.39, 0.29) is 5.91 Å². The molecule has 1 amide bonds. The zero-order valence-corrected chi connectivity index (χ0v) is 15.3. The van der Waals surface area contributed by atoms with Crippen LogP contribution in [-0.4, -0.2) is 60.0 Å². The van der Waals surface area contributed by atoms with E-state index in [4.69, 9.17) is 4.74 Å². The highest BCUT2D eigenvalue weighted by atomic mass is 16.5. The summed E-state index contributed by atoms with van der Waals surface area (Å²) in [4.78, 5) is 14.6. The van der Waals surface area contributed by atoms with E-state index in [0.29, 0.717) is 17.9 Å². The van der Waals surface area contributed by atoms with E-state index in [2.05, 4.69) is 27.2 Å². The molecule has 0 spiro atoms. The summed E-state index contributed by atoms with van der Waals surface area (Å²) in [6, 6.07) is 9.70. The fraction of sp³-hybridized carbons (Fsp3) is 0.400. The number of ether oxygens (including phenoxy) is 1. The summed E-state index contributed by atoms with van der Waals surface area (Å²) >= 11 is 0. The second-order valence-electron chi connectivity index (χ2n) is 6.31. The largest absolute Gasteiger partial charge is 0.379 e. The number of morpholine rings is 1. The maximum Gasteiger partial charge on any atom is 0.271 e. The van der Waals surface area contributed by atoms with Crippen LogP contribution in [0.5, 0.6) is 0 Å². The summed E-state index contributed by atoms with van der Waals surface area (Å²) in [6.45, 7) is 6.80. The van der Waals surface area contributed by atoms with Crippen molar-refractivity contribution in [3.05, 3.63) is 52.8 Å². The highest BCUT2D eigenvalue weighted by molar-refractivity contribution is 5.92. The molecule has 136 valence electrons. The van der Waals surface area contributed by atoms with E-state index < -0.39 is 0 Å². The number of nitrogens with one attached hydrogen (secondary N) is 1. The van der Waals surface area contributed by atoms with Crippen LogP contribution in [0.4, 0.5) is 0 Å². The van der Waals surface area contributed by atoms with E-state index in [1.807, 2.05) is 31.2 Å². The zero-order chi connectivity index (χ0) is 18.4. The van der Waals surface area contributed by atoms with E-state index in [0.717, 1.165) is 44.0 Å². The Hall–Kier alpha value is -2.62. The summed E-state index contributed by atoms with van der Waals surface area (Å²) in [6.07, 6.45) is 0. The van der Waals surface area contributed by atoms with Crippen molar-refractivity contribution in [3.63, 3.8) is 0 Å². The Labute approximate surface area is 154 Å². The van der Waals surface area contributed by atoms with Gasteiger partial charge in [0.15, 0.2) is 5.69 Å². The molecule has 6 nitrogen and oxygen atoms in total. The van der Waals surface area contributed by atoms with Gasteiger partial charge in [-0.05, 0) is 24.5 Å². The first kappa shape index (κ1) is 18.2. The van der Waals surface area contributed by atoms with Gasteiger partial charge in [0.25, 0.3) is 5.91 Å². The number of carbonyl (C=O) groups excluding carboxylic acids is 1. The molecule has 0 aliphatic carbocycles. The topological polar surface area (TPSA) is 59.4 Å². The van der Waals surface area contributed by atoms with Gasteiger partial charge >= 0.3 is 0 Å².